The first-order valence-corrected chi connectivity index (χ1v) is 12.3. The third kappa shape index (κ3) is 4.03. The molecule has 182 valence electrons. The van der Waals surface area contributed by atoms with Crippen molar-refractivity contribution < 1.29 is 18.7 Å². The Morgan fingerprint density at radius 2 is 1.83 bits per heavy atom. The van der Waals surface area contributed by atoms with Crippen LogP contribution in [0.25, 0.3) is 16.8 Å². The molecule has 0 saturated heterocycles. The number of thiazole rings is 1. The first-order chi connectivity index (χ1) is 17.4. The number of halogens is 1. The second kappa shape index (κ2) is 9.54. The van der Waals surface area contributed by atoms with Gasteiger partial charge in [-0.2, -0.15) is 0 Å². The first-order valence-electron chi connectivity index (χ1n) is 11.4. The number of nitrogens with zero attached hydrogens (tertiary/aromatic N) is 2. The lowest BCUT2D eigenvalue weighted by molar-refractivity contribution is -0.139. The Morgan fingerprint density at radius 1 is 1.11 bits per heavy atom. The third-order valence-corrected chi connectivity index (χ3v) is 7.10. The van der Waals surface area contributed by atoms with Gasteiger partial charge in [-0.3, -0.25) is 9.36 Å². The Labute approximate surface area is 210 Å². The summed E-state index contributed by atoms with van der Waals surface area (Å²) in [5, 5.41) is 1.72. The van der Waals surface area contributed by atoms with Gasteiger partial charge in [-0.25, -0.2) is 14.2 Å². The van der Waals surface area contributed by atoms with Gasteiger partial charge in [-0.1, -0.05) is 53.8 Å². The van der Waals surface area contributed by atoms with Crippen LogP contribution in [0.15, 0.2) is 81.7 Å². The number of fused-ring (bicyclic) bond motifs is 2. The lowest BCUT2D eigenvalue weighted by Gasteiger charge is -2.26. The molecule has 0 fully saturated rings. The molecule has 0 radical (unpaired) electrons. The monoisotopic (exact) mass is 502 g/mol. The van der Waals surface area contributed by atoms with Crippen LogP contribution in [-0.4, -0.2) is 24.3 Å². The van der Waals surface area contributed by atoms with Gasteiger partial charge in [0, 0.05) is 5.39 Å². The highest BCUT2D eigenvalue weighted by Gasteiger charge is 2.34. The van der Waals surface area contributed by atoms with E-state index in [0.29, 0.717) is 31.9 Å². The third-order valence-electron chi connectivity index (χ3n) is 6.12. The molecule has 0 bridgehead atoms. The zero-order valence-corrected chi connectivity index (χ0v) is 20.8. The molecule has 0 amide bonds. The van der Waals surface area contributed by atoms with Crippen molar-refractivity contribution in [1.29, 1.82) is 0 Å². The van der Waals surface area contributed by atoms with Gasteiger partial charge >= 0.3 is 5.97 Å². The quantitative estimate of drug-likeness (QED) is 0.386. The number of ether oxygens (including phenoxy) is 2. The molecule has 0 saturated carbocycles. The van der Waals surface area contributed by atoms with Crippen LogP contribution in [-0.2, 0) is 9.53 Å². The van der Waals surface area contributed by atoms with Crippen molar-refractivity contribution in [2.45, 2.75) is 19.9 Å². The van der Waals surface area contributed by atoms with Gasteiger partial charge in [-0.05, 0) is 54.6 Å². The number of hydrogen-bond acceptors (Lipinski definition) is 6. The molecular weight excluding hydrogens is 479 g/mol. The Balaban J connectivity index is 1.81. The summed E-state index contributed by atoms with van der Waals surface area (Å²) in [5.74, 6) is -0.178. The number of esters is 1. The molecule has 0 aliphatic carbocycles. The second-order valence-electron chi connectivity index (χ2n) is 8.26. The highest BCUT2D eigenvalue weighted by Crippen LogP contribution is 2.37. The Kier molecular flexibility index (Phi) is 6.28. The molecule has 0 spiro atoms. The Hall–Kier alpha value is -4.04. The molecular formula is C28H23FN2O4S. The summed E-state index contributed by atoms with van der Waals surface area (Å²) in [6.07, 6.45) is 1.70. The average Bonchev–Trinajstić information content (AvgIpc) is 3.18. The summed E-state index contributed by atoms with van der Waals surface area (Å²) < 4.78 is 26.3. The number of aromatic nitrogens is 1. The number of benzene rings is 3. The van der Waals surface area contributed by atoms with Crippen molar-refractivity contribution in [1.82, 2.24) is 4.57 Å². The maximum absolute atomic E-state index is 13.8. The molecule has 5 rings (SSSR count). The minimum absolute atomic E-state index is 0.195. The minimum atomic E-state index is -0.744. The molecule has 0 unspecified atom stereocenters. The fourth-order valence-electron chi connectivity index (χ4n) is 4.51. The lowest BCUT2D eigenvalue weighted by atomic mass is 9.91. The van der Waals surface area contributed by atoms with E-state index < -0.39 is 12.0 Å². The molecule has 1 aliphatic heterocycles. The van der Waals surface area contributed by atoms with E-state index in [4.69, 9.17) is 9.47 Å². The Morgan fingerprint density at radius 3 is 2.53 bits per heavy atom. The van der Waals surface area contributed by atoms with E-state index in [0.717, 1.165) is 16.3 Å². The highest BCUT2D eigenvalue weighted by atomic mass is 32.1. The van der Waals surface area contributed by atoms with Gasteiger partial charge in [0.25, 0.3) is 5.56 Å². The predicted octanol–water partition coefficient (Wildman–Crippen LogP) is 4.10. The molecule has 3 aromatic carbocycles. The van der Waals surface area contributed by atoms with E-state index in [2.05, 4.69) is 4.99 Å². The standard InChI is InChI=1S/C28H23FN2O4S/c1-4-35-27(33)24-16(2)30-28-31(26(32)23(36-28)15-17-9-11-18(29)12-10-17)25(24)21-13-14-22(34-3)20-8-6-5-7-19(20)21/h5-15,25H,4H2,1-3H3/b23-15-/t25-/m0/s1. The maximum Gasteiger partial charge on any atom is 0.338 e. The van der Waals surface area contributed by atoms with E-state index in [1.165, 1.54) is 23.5 Å². The van der Waals surface area contributed by atoms with Gasteiger partial charge in [0.15, 0.2) is 4.80 Å². The second-order valence-corrected chi connectivity index (χ2v) is 9.27. The van der Waals surface area contributed by atoms with Crippen LogP contribution >= 0.6 is 11.3 Å². The SMILES string of the molecule is CCOC(=O)C1=C(C)N=c2s/c(=C\c3ccc(F)cc3)c(=O)n2[C@H]1c1ccc(OC)c2ccccc12. The number of hydrogen-bond donors (Lipinski definition) is 0. The molecule has 1 atom stereocenters. The summed E-state index contributed by atoms with van der Waals surface area (Å²) in [5.41, 5.74) is 1.97. The van der Waals surface area contributed by atoms with Crippen LogP contribution in [0.5, 0.6) is 5.75 Å². The van der Waals surface area contributed by atoms with Crippen molar-refractivity contribution in [3.8, 4) is 5.75 Å². The molecule has 1 aliphatic rings. The smallest absolute Gasteiger partial charge is 0.338 e. The topological polar surface area (TPSA) is 69.9 Å². The maximum atomic E-state index is 13.8. The number of carbonyl (C=O) groups is 1. The van der Waals surface area contributed by atoms with Crippen molar-refractivity contribution in [2.75, 3.05) is 13.7 Å². The van der Waals surface area contributed by atoms with E-state index >= 15 is 0 Å². The van der Waals surface area contributed by atoms with E-state index in [-0.39, 0.29) is 18.0 Å². The van der Waals surface area contributed by atoms with Crippen molar-refractivity contribution in [3.05, 3.63) is 109 Å². The van der Waals surface area contributed by atoms with E-state index in [1.807, 2.05) is 36.4 Å². The van der Waals surface area contributed by atoms with Crippen LogP contribution in [0.2, 0.25) is 0 Å². The summed E-state index contributed by atoms with van der Waals surface area (Å²) in [6.45, 7) is 3.69. The van der Waals surface area contributed by atoms with Gasteiger partial charge in [0.2, 0.25) is 0 Å². The lowest BCUT2D eigenvalue weighted by Crippen LogP contribution is -2.40. The van der Waals surface area contributed by atoms with Gasteiger partial charge in [-0.15, -0.1) is 0 Å². The molecule has 2 heterocycles. The summed E-state index contributed by atoms with van der Waals surface area (Å²) in [4.78, 5) is 32.0. The normalized spacial score (nSPS) is 15.6. The average molecular weight is 503 g/mol. The summed E-state index contributed by atoms with van der Waals surface area (Å²) in [6, 6.07) is 16.6. The van der Waals surface area contributed by atoms with Gasteiger partial charge in [0.1, 0.15) is 11.6 Å². The fraction of sp³-hybridized carbons (Fsp3) is 0.179. The largest absolute Gasteiger partial charge is 0.496 e. The zero-order chi connectivity index (χ0) is 25.4. The molecule has 6 nitrogen and oxygen atoms in total. The summed E-state index contributed by atoms with van der Waals surface area (Å²) >= 11 is 1.23. The molecule has 0 N–H and O–H groups in total. The Bertz CT molecular complexity index is 1700. The van der Waals surface area contributed by atoms with Crippen molar-refractivity contribution in [2.24, 2.45) is 4.99 Å². The predicted molar refractivity (Wildman–Crippen MR) is 137 cm³/mol. The minimum Gasteiger partial charge on any atom is -0.496 e. The molecule has 1 aromatic heterocycles. The number of allylic oxidation sites excluding steroid dienone is 1. The van der Waals surface area contributed by atoms with Crippen molar-refractivity contribution in [3.63, 3.8) is 0 Å². The van der Waals surface area contributed by atoms with Gasteiger partial charge in [0.05, 0.1) is 35.6 Å². The number of carbonyl (C=O) groups excluding carboxylic acids is 1. The summed E-state index contributed by atoms with van der Waals surface area (Å²) in [7, 11) is 1.61. The van der Waals surface area contributed by atoms with Crippen LogP contribution in [0.3, 0.4) is 0 Å². The molecule has 36 heavy (non-hydrogen) atoms. The zero-order valence-electron chi connectivity index (χ0n) is 19.9. The van der Waals surface area contributed by atoms with Crippen molar-refractivity contribution >= 4 is 34.2 Å². The fourth-order valence-corrected chi connectivity index (χ4v) is 5.55. The van der Waals surface area contributed by atoms with E-state index in [1.54, 1.807) is 43.7 Å². The van der Waals surface area contributed by atoms with Crippen LogP contribution in [0.4, 0.5) is 4.39 Å². The molecule has 4 aromatic rings. The van der Waals surface area contributed by atoms with Gasteiger partial charge < -0.3 is 9.47 Å². The van der Waals surface area contributed by atoms with Crippen LogP contribution in [0, 0.1) is 5.82 Å². The molecule has 8 heteroatoms. The number of methoxy groups -OCH3 is 1. The van der Waals surface area contributed by atoms with E-state index in [9.17, 15) is 14.0 Å². The van der Waals surface area contributed by atoms with Crippen LogP contribution in [0.1, 0.15) is 31.0 Å². The first kappa shape index (κ1) is 23.7. The highest BCUT2D eigenvalue weighted by molar-refractivity contribution is 7.07. The number of rotatable bonds is 5. The van der Waals surface area contributed by atoms with Crippen LogP contribution < -0.4 is 19.6 Å².